The molecule has 146 valence electrons. The molecule has 1 aromatic rings. The average molecular weight is 394 g/mol. The van der Waals surface area contributed by atoms with Crippen LogP contribution in [-0.2, 0) is 25.6 Å². The molecule has 1 aromatic carbocycles. The minimum atomic E-state index is -3.99. The first-order chi connectivity index (χ1) is 11.9. The zero-order valence-electron chi connectivity index (χ0n) is 14.9. The number of ether oxygens (including phenoxy) is 3. The lowest BCUT2D eigenvalue weighted by Crippen LogP contribution is -2.56. The molecule has 26 heavy (non-hydrogen) atoms. The number of alkyl halides is 3. The second-order valence-corrected chi connectivity index (χ2v) is 6.91. The molecule has 0 spiro atoms. The van der Waals surface area contributed by atoms with Crippen LogP contribution in [0.4, 0.5) is 13.6 Å². The highest BCUT2D eigenvalue weighted by Gasteiger charge is 2.48. The van der Waals surface area contributed by atoms with Crippen molar-refractivity contribution in [3.63, 3.8) is 0 Å². The van der Waals surface area contributed by atoms with Crippen LogP contribution in [0.3, 0.4) is 0 Å². The molecule has 1 rings (SSSR count). The molecule has 9 heteroatoms. The lowest BCUT2D eigenvalue weighted by molar-refractivity contribution is -0.162. The van der Waals surface area contributed by atoms with Gasteiger partial charge in [-0.15, -0.1) is 0 Å². The lowest BCUT2D eigenvalue weighted by Gasteiger charge is -2.30. The van der Waals surface area contributed by atoms with Gasteiger partial charge in [-0.3, -0.25) is 0 Å². The van der Waals surface area contributed by atoms with Crippen LogP contribution >= 0.6 is 11.6 Å². The average Bonchev–Trinajstić information content (AvgIpc) is 2.52. The van der Waals surface area contributed by atoms with Gasteiger partial charge in [-0.05, 0) is 37.9 Å². The van der Waals surface area contributed by atoms with Crippen molar-refractivity contribution in [2.24, 2.45) is 0 Å². The van der Waals surface area contributed by atoms with Crippen molar-refractivity contribution in [3.8, 4) is 0 Å². The van der Waals surface area contributed by atoms with Crippen LogP contribution in [0.1, 0.15) is 26.3 Å². The molecule has 0 unspecified atom stereocenters. The third-order valence-electron chi connectivity index (χ3n) is 3.03. The van der Waals surface area contributed by atoms with Gasteiger partial charge in [0.1, 0.15) is 11.6 Å². The van der Waals surface area contributed by atoms with Gasteiger partial charge in [0.25, 0.3) is 0 Å². The number of carbonyl (C=O) groups excluding carboxylic acids is 2. The SMILES string of the molecule is COC(=O)[C@H](OCc1ccccc1)[C@@H](NC(=O)OC(C)(C)C)C(F)(F)Cl. The normalized spacial score (nSPS) is 14.3. The van der Waals surface area contributed by atoms with Gasteiger partial charge >= 0.3 is 17.4 Å². The maximum atomic E-state index is 13.9. The van der Waals surface area contributed by atoms with E-state index in [1.165, 1.54) is 0 Å². The number of amides is 1. The van der Waals surface area contributed by atoms with Crippen LogP contribution in [0.25, 0.3) is 0 Å². The van der Waals surface area contributed by atoms with Crippen molar-refractivity contribution in [1.82, 2.24) is 5.32 Å². The van der Waals surface area contributed by atoms with Gasteiger partial charge in [-0.1, -0.05) is 30.3 Å². The number of rotatable bonds is 7. The predicted octanol–water partition coefficient (Wildman–Crippen LogP) is 3.47. The third-order valence-corrected chi connectivity index (χ3v) is 3.27. The zero-order valence-corrected chi connectivity index (χ0v) is 15.7. The van der Waals surface area contributed by atoms with E-state index in [9.17, 15) is 18.4 Å². The molecule has 0 aliphatic heterocycles. The Morgan fingerprint density at radius 1 is 1.19 bits per heavy atom. The first-order valence-corrected chi connectivity index (χ1v) is 8.11. The summed E-state index contributed by atoms with van der Waals surface area (Å²) < 4.78 is 42.5. The van der Waals surface area contributed by atoms with Crippen LogP contribution in [0.15, 0.2) is 30.3 Å². The van der Waals surface area contributed by atoms with Gasteiger partial charge in [0.05, 0.1) is 13.7 Å². The minimum Gasteiger partial charge on any atom is -0.467 e. The molecule has 0 saturated heterocycles. The first-order valence-electron chi connectivity index (χ1n) is 7.73. The molecule has 2 atom stereocenters. The van der Waals surface area contributed by atoms with Gasteiger partial charge in [0.15, 0.2) is 6.10 Å². The van der Waals surface area contributed by atoms with E-state index in [0.717, 1.165) is 7.11 Å². The van der Waals surface area contributed by atoms with Crippen LogP contribution in [0, 0.1) is 0 Å². The summed E-state index contributed by atoms with van der Waals surface area (Å²) in [4.78, 5) is 23.8. The van der Waals surface area contributed by atoms with Crippen LogP contribution in [0.2, 0.25) is 0 Å². The standard InChI is InChI=1S/C17H22ClF2NO5/c1-16(2,3)26-15(23)21-13(17(18,19)20)12(14(22)24-4)25-10-11-8-6-5-7-9-11/h5-9,12-13H,10H2,1-4H3,(H,21,23)/t12-,13-/m1/s1. The fourth-order valence-corrected chi connectivity index (χ4v) is 2.11. The summed E-state index contributed by atoms with van der Waals surface area (Å²) >= 11 is 5.10. The number of nitrogens with one attached hydrogen (secondary N) is 1. The Balaban J connectivity index is 2.98. The van der Waals surface area contributed by atoms with Gasteiger partial charge in [-0.2, -0.15) is 8.78 Å². The second-order valence-electron chi connectivity index (χ2n) is 6.41. The van der Waals surface area contributed by atoms with E-state index in [-0.39, 0.29) is 6.61 Å². The smallest absolute Gasteiger partial charge is 0.408 e. The molecule has 1 N–H and O–H groups in total. The topological polar surface area (TPSA) is 73.9 Å². The second kappa shape index (κ2) is 9.14. The number of alkyl carbamates (subject to hydrolysis) is 1. The monoisotopic (exact) mass is 393 g/mol. The molecule has 0 radical (unpaired) electrons. The molecule has 0 heterocycles. The summed E-state index contributed by atoms with van der Waals surface area (Å²) in [6, 6.07) is 6.38. The van der Waals surface area contributed by atoms with E-state index in [1.54, 1.807) is 51.1 Å². The fraction of sp³-hybridized carbons (Fsp3) is 0.529. The van der Waals surface area contributed by atoms with Crippen molar-refractivity contribution >= 4 is 23.7 Å². The maximum Gasteiger partial charge on any atom is 0.408 e. The Kier molecular flexibility index (Phi) is 7.77. The summed E-state index contributed by atoms with van der Waals surface area (Å²) in [7, 11) is 1.01. The summed E-state index contributed by atoms with van der Waals surface area (Å²) in [5.74, 6) is -1.11. The van der Waals surface area contributed by atoms with E-state index < -0.39 is 35.2 Å². The number of hydrogen-bond donors (Lipinski definition) is 1. The van der Waals surface area contributed by atoms with Gasteiger partial charge in [0, 0.05) is 0 Å². The number of esters is 1. The summed E-state index contributed by atoms with van der Waals surface area (Å²) in [5.41, 5.74) is -0.294. The lowest BCUT2D eigenvalue weighted by atomic mass is 10.1. The Morgan fingerprint density at radius 3 is 2.23 bits per heavy atom. The highest BCUT2D eigenvalue weighted by atomic mass is 35.5. The molecule has 0 saturated carbocycles. The largest absolute Gasteiger partial charge is 0.467 e. The number of methoxy groups -OCH3 is 1. The number of hydrogen-bond acceptors (Lipinski definition) is 5. The van der Waals surface area contributed by atoms with E-state index in [4.69, 9.17) is 21.1 Å². The summed E-state index contributed by atoms with van der Waals surface area (Å²) in [6.07, 6.45) is -3.01. The highest BCUT2D eigenvalue weighted by Crippen LogP contribution is 2.28. The Morgan fingerprint density at radius 2 is 1.77 bits per heavy atom. The number of benzene rings is 1. The molecule has 1 amide bonds. The molecule has 0 aliphatic carbocycles. The Hall–Kier alpha value is -1.93. The number of halogens is 3. The fourth-order valence-electron chi connectivity index (χ4n) is 1.94. The molecule has 0 fully saturated rings. The summed E-state index contributed by atoms with van der Waals surface area (Å²) in [5, 5.41) is -2.10. The van der Waals surface area contributed by atoms with E-state index in [0.29, 0.717) is 5.56 Å². The third kappa shape index (κ3) is 7.53. The van der Waals surface area contributed by atoms with Crippen molar-refractivity contribution in [2.45, 2.75) is 50.5 Å². The molecule has 6 nitrogen and oxygen atoms in total. The molecule has 0 aromatic heterocycles. The van der Waals surface area contributed by atoms with Crippen molar-refractivity contribution < 1.29 is 32.6 Å². The summed E-state index contributed by atoms with van der Waals surface area (Å²) in [6.45, 7) is 4.51. The minimum absolute atomic E-state index is 0.167. The molecule has 0 aliphatic rings. The molecular formula is C17H22ClF2NO5. The zero-order chi connectivity index (χ0) is 20.0. The van der Waals surface area contributed by atoms with Gasteiger partial charge in [0.2, 0.25) is 0 Å². The van der Waals surface area contributed by atoms with Crippen LogP contribution in [-0.4, -0.2) is 42.3 Å². The van der Waals surface area contributed by atoms with E-state index in [1.807, 2.05) is 5.32 Å². The van der Waals surface area contributed by atoms with Crippen molar-refractivity contribution in [3.05, 3.63) is 35.9 Å². The van der Waals surface area contributed by atoms with Crippen molar-refractivity contribution in [2.75, 3.05) is 7.11 Å². The van der Waals surface area contributed by atoms with Crippen molar-refractivity contribution in [1.29, 1.82) is 0 Å². The predicted molar refractivity (Wildman–Crippen MR) is 91.0 cm³/mol. The number of carbonyl (C=O) groups is 2. The Labute approximate surface area is 155 Å². The Bertz CT molecular complexity index is 601. The van der Waals surface area contributed by atoms with Crippen LogP contribution in [0.5, 0.6) is 0 Å². The quantitative estimate of drug-likeness (QED) is 0.567. The van der Waals surface area contributed by atoms with E-state index in [2.05, 4.69) is 4.74 Å². The maximum absolute atomic E-state index is 13.9. The van der Waals surface area contributed by atoms with E-state index >= 15 is 0 Å². The molecule has 0 bridgehead atoms. The van der Waals surface area contributed by atoms with Gasteiger partial charge < -0.3 is 19.5 Å². The highest BCUT2D eigenvalue weighted by molar-refractivity contribution is 6.22. The first kappa shape index (κ1) is 22.1. The molecular weight excluding hydrogens is 372 g/mol. The van der Waals surface area contributed by atoms with Crippen LogP contribution < -0.4 is 5.32 Å². The van der Waals surface area contributed by atoms with Gasteiger partial charge in [-0.25, -0.2) is 9.59 Å².